The molecule has 0 spiro atoms. The third kappa shape index (κ3) is 3.80. The summed E-state index contributed by atoms with van der Waals surface area (Å²) in [6, 6.07) is 7.90. The number of phenols is 3. The lowest BCUT2D eigenvalue weighted by atomic mass is 9.92. The molecule has 166 valence electrons. The number of aromatic hydroxyl groups is 3. The maximum Gasteiger partial charge on any atom is 0.203 e. The van der Waals surface area contributed by atoms with E-state index >= 15 is 0 Å². The summed E-state index contributed by atoms with van der Waals surface area (Å²) >= 11 is 0. The third-order valence-corrected chi connectivity index (χ3v) is 5.41. The summed E-state index contributed by atoms with van der Waals surface area (Å²) < 4.78 is 17.0. The number of carbonyl (C=O) groups excluding carboxylic acids is 1. The molecule has 2 aromatic rings. The molecule has 2 aliphatic rings. The Morgan fingerprint density at radius 2 is 1.58 bits per heavy atom. The number of rotatable bonds is 3. The molecular weight excluding hydrogens is 412 g/mol. The monoisotopic (exact) mass is 434 g/mol. The fourth-order valence-corrected chi connectivity index (χ4v) is 3.72. The summed E-state index contributed by atoms with van der Waals surface area (Å²) in [4.78, 5) is 13.3. The first kappa shape index (κ1) is 21.3. The van der Waals surface area contributed by atoms with Crippen LogP contribution < -0.4 is 4.74 Å². The quantitative estimate of drug-likeness (QED) is 0.396. The molecule has 0 aliphatic carbocycles. The number of ether oxygens (including phenoxy) is 3. The average Bonchev–Trinajstić information content (AvgIpc) is 2.72. The van der Waals surface area contributed by atoms with Crippen LogP contribution in [-0.4, -0.2) is 73.2 Å². The highest BCUT2D eigenvalue weighted by Gasteiger charge is 2.48. The van der Waals surface area contributed by atoms with Gasteiger partial charge in [-0.1, -0.05) is 12.1 Å². The number of Topliss-reactive ketones (excluding diaryl/α,β-unsaturated/α-hetero) is 1. The van der Waals surface area contributed by atoms with E-state index in [1.165, 1.54) is 37.3 Å². The Hall–Kier alpha value is -2.89. The largest absolute Gasteiger partial charge is 0.508 e. The second-order valence-electron chi connectivity index (χ2n) is 7.57. The number of benzene rings is 2. The molecule has 0 amide bonds. The first-order valence-corrected chi connectivity index (χ1v) is 9.58. The van der Waals surface area contributed by atoms with Crippen molar-refractivity contribution in [2.45, 2.75) is 49.8 Å². The van der Waals surface area contributed by atoms with E-state index in [0.717, 1.165) is 6.07 Å². The number of carbonyl (C=O) groups is 1. The lowest BCUT2D eigenvalue weighted by molar-refractivity contribution is -0.304. The lowest BCUT2D eigenvalue weighted by Gasteiger charge is -2.42. The first-order valence-electron chi connectivity index (χ1n) is 9.58. The van der Waals surface area contributed by atoms with E-state index in [2.05, 4.69) is 0 Å². The van der Waals surface area contributed by atoms with Gasteiger partial charge in [0, 0.05) is 12.1 Å². The van der Waals surface area contributed by atoms with Gasteiger partial charge in [0.2, 0.25) is 5.78 Å². The molecule has 0 bridgehead atoms. The minimum atomic E-state index is -1.66. The number of hydrogen-bond donors (Lipinski definition) is 6. The van der Waals surface area contributed by atoms with E-state index < -0.39 is 54.4 Å². The molecule has 4 rings (SSSR count). The number of aliphatic hydroxyl groups excluding tert-OH is 3. The van der Waals surface area contributed by atoms with Crippen molar-refractivity contribution < 1.29 is 49.6 Å². The number of hydrogen-bond acceptors (Lipinski definition) is 10. The van der Waals surface area contributed by atoms with Crippen molar-refractivity contribution in [3.05, 3.63) is 47.5 Å². The number of aliphatic hydroxyl groups is 3. The Labute approximate surface area is 176 Å². The van der Waals surface area contributed by atoms with Gasteiger partial charge in [-0.05, 0) is 24.6 Å². The highest BCUT2D eigenvalue weighted by atomic mass is 16.7. The molecule has 0 aromatic heterocycles. The zero-order valence-electron chi connectivity index (χ0n) is 16.3. The van der Waals surface area contributed by atoms with Crippen LogP contribution in [0.4, 0.5) is 0 Å². The van der Waals surface area contributed by atoms with Crippen LogP contribution >= 0.6 is 0 Å². The second-order valence-corrected chi connectivity index (χ2v) is 7.57. The molecule has 1 fully saturated rings. The van der Waals surface area contributed by atoms with Crippen molar-refractivity contribution in [1.82, 2.24) is 0 Å². The Morgan fingerprint density at radius 3 is 2.26 bits per heavy atom. The molecule has 0 saturated carbocycles. The predicted octanol–water partition coefficient (Wildman–Crippen LogP) is 0.332. The van der Waals surface area contributed by atoms with Gasteiger partial charge >= 0.3 is 0 Å². The van der Waals surface area contributed by atoms with Gasteiger partial charge in [0.05, 0.1) is 6.10 Å². The summed E-state index contributed by atoms with van der Waals surface area (Å²) in [5.74, 6) is -1.64. The van der Waals surface area contributed by atoms with Crippen LogP contribution in [0.3, 0.4) is 0 Å². The van der Waals surface area contributed by atoms with Gasteiger partial charge in [-0.3, -0.25) is 4.79 Å². The van der Waals surface area contributed by atoms with Crippen molar-refractivity contribution in [2.24, 2.45) is 0 Å². The first-order chi connectivity index (χ1) is 14.7. The summed E-state index contributed by atoms with van der Waals surface area (Å²) in [7, 11) is 0. The lowest BCUT2D eigenvalue weighted by Crippen LogP contribution is -2.59. The van der Waals surface area contributed by atoms with Gasteiger partial charge in [-0.25, -0.2) is 0 Å². The highest BCUT2D eigenvalue weighted by Crippen LogP contribution is 2.43. The second kappa shape index (κ2) is 7.98. The van der Waals surface area contributed by atoms with Crippen LogP contribution in [-0.2, 0) is 9.47 Å². The van der Waals surface area contributed by atoms with Crippen LogP contribution in [0.15, 0.2) is 36.4 Å². The van der Waals surface area contributed by atoms with Crippen LogP contribution in [0.5, 0.6) is 23.0 Å². The summed E-state index contributed by atoms with van der Waals surface area (Å²) in [5, 5.41) is 59.8. The van der Waals surface area contributed by atoms with E-state index in [9.17, 15) is 35.4 Å². The molecule has 0 unspecified atom stereocenters. The van der Waals surface area contributed by atoms with Gasteiger partial charge in [0.15, 0.2) is 18.5 Å². The van der Waals surface area contributed by atoms with Gasteiger partial charge in [0.1, 0.15) is 46.9 Å². The maximum atomic E-state index is 13.3. The Balaban J connectivity index is 1.73. The zero-order chi connectivity index (χ0) is 22.4. The standard InChI is InChI=1S/C21H22O10/c1-8-15(25)17(27)18(28)21(29-8)31-20-16(26)14-12(24)6-11(23)7-13(14)30-19(20)9-2-4-10(22)5-3-9/h2-8,15,17-25,27-28H,1H3/t8-,15-,17+,18+,19+,20-,21-/m1/s1. The van der Waals surface area contributed by atoms with Crippen molar-refractivity contribution >= 4 is 5.78 Å². The average molecular weight is 434 g/mol. The van der Waals surface area contributed by atoms with E-state index in [1.807, 2.05) is 0 Å². The zero-order valence-corrected chi connectivity index (χ0v) is 16.3. The Morgan fingerprint density at radius 1 is 0.903 bits per heavy atom. The van der Waals surface area contributed by atoms with Crippen LogP contribution in [0.1, 0.15) is 28.9 Å². The molecule has 10 heteroatoms. The van der Waals surface area contributed by atoms with Crippen molar-refractivity contribution in [3.63, 3.8) is 0 Å². The van der Waals surface area contributed by atoms with E-state index in [-0.39, 0.29) is 22.8 Å². The molecular formula is C21H22O10. The van der Waals surface area contributed by atoms with Gasteiger partial charge in [-0.15, -0.1) is 0 Å². The van der Waals surface area contributed by atoms with Crippen molar-refractivity contribution in [1.29, 1.82) is 0 Å². The van der Waals surface area contributed by atoms with Crippen LogP contribution in [0.25, 0.3) is 0 Å². The van der Waals surface area contributed by atoms with E-state index in [4.69, 9.17) is 14.2 Å². The smallest absolute Gasteiger partial charge is 0.203 e. The molecule has 0 radical (unpaired) electrons. The summed E-state index contributed by atoms with van der Waals surface area (Å²) in [6.45, 7) is 1.47. The Kier molecular flexibility index (Phi) is 5.50. The minimum absolute atomic E-state index is 0.0176. The summed E-state index contributed by atoms with van der Waals surface area (Å²) in [6.07, 6.45) is -9.49. The third-order valence-electron chi connectivity index (χ3n) is 5.41. The topological polar surface area (TPSA) is 166 Å². The number of fused-ring (bicyclic) bond motifs is 1. The van der Waals surface area contributed by atoms with E-state index in [1.54, 1.807) is 0 Å². The molecule has 1 saturated heterocycles. The SMILES string of the molecule is C[C@H]1O[C@H](O[C@@H]2C(=O)c3c(O)cc(O)cc3O[C@H]2c2ccc(O)cc2)[C@@H](O)[C@@H](O)[C@@H]1O. The molecule has 31 heavy (non-hydrogen) atoms. The summed E-state index contributed by atoms with van der Waals surface area (Å²) in [5.41, 5.74) is 0.195. The Bertz CT molecular complexity index is 975. The van der Waals surface area contributed by atoms with Gasteiger partial charge < -0.3 is 44.8 Å². The highest BCUT2D eigenvalue weighted by molar-refractivity contribution is 6.05. The van der Waals surface area contributed by atoms with E-state index in [0.29, 0.717) is 5.56 Å². The maximum absolute atomic E-state index is 13.3. The number of phenolic OH excluding ortho intramolecular Hbond substituents is 3. The van der Waals surface area contributed by atoms with Crippen molar-refractivity contribution in [3.8, 4) is 23.0 Å². The van der Waals surface area contributed by atoms with Crippen molar-refractivity contribution in [2.75, 3.05) is 0 Å². The minimum Gasteiger partial charge on any atom is -0.508 e. The molecule has 7 atom stereocenters. The molecule has 2 heterocycles. The fourth-order valence-electron chi connectivity index (χ4n) is 3.72. The van der Waals surface area contributed by atoms with Gasteiger partial charge in [-0.2, -0.15) is 0 Å². The van der Waals surface area contributed by atoms with Gasteiger partial charge in [0.25, 0.3) is 0 Å². The molecule has 2 aliphatic heterocycles. The molecule has 6 N–H and O–H groups in total. The van der Waals surface area contributed by atoms with Crippen LogP contribution in [0, 0.1) is 0 Å². The number of ketones is 1. The molecule has 2 aromatic carbocycles. The predicted molar refractivity (Wildman–Crippen MR) is 103 cm³/mol. The normalized spacial score (nSPS) is 32.9. The molecule has 10 nitrogen and oxygen atoms in total. The fraction of sp³-hybridized carbons (Fsp3) is 0.381. The van der Waals surface area contributed by atoms with Crippen LogP contribution in [0.2, 0.25) is 0 Å².